The number of rotatable bonds is 3. The Morgan fingerprint density at radius 1 is 1.00 bits per heavy atom. The summed E-state index contributed by atoms with van der Waals surface area (Å²) in [6, 6.07) is 0. The molecule has 2 aliphatic carbocycles. The van der Waals surface area contributed by atoms with E-state index in [9.17, 15) is 0 Å². The predicted octanol–water partition coefficient (Wildman–Crippen LogP) is 3.49. The predicted molar refractivity (Wildman–Crippen MR) is 71.9 cm³/mol. The molecule has 0 aromatic heterocycles. The van der Waals surface area contributed by atoms with Gasteiger partial charge in [0.15, 0.2) is 0 Å². The second-order valence-corrected chi connectivity index (χ2v) is 6.77. The van der Waals surface area contributed by atoms with Crippen molar-refractivity contribution in [3.05, 3.63) is 0 Å². The third-order valence-corrected chi connectivity index (χ3v) is 4.59. The molecule has 0 aromatic carbocycles. The van der Waals surface area contributed by atoms with Crippen LogP contribution in [0.4, 0.5) is 0 Å². The Morgan fingerprint density at radius 2 is 1.59 bits per heavy atom. The zero-order valence-electron chi connectivity index (χ0n) is 11.6. The van der Waals surface area contributed by atoms with Crippen molar-refractivity contribution in [1.82, 2.24) is 0 Å². The second-order valence-electron chi connectivity index (χ2n) is 6.77. The van der Waals surface area contributed by atoms with E-state index in [0.29, 0.717) is 6.10 Å². The highest BCUT2D eigenvalue weighted by Crippen LogP contribution is 2.32. The number of nitrogens with two attached hydrogens (primary N) is 1. The van der Waals surface area contributed by atoms with Crippen molar-refractivity contribution in [2.75, 3.05) is 6.61 Å². The Kier molecular flexibility index (Phi) is 4.48. The molecule has 2 heteroatoms. The molecule has 2 nitrogen and oxygen atoms in total. The molecule has 0 radical (unpaired) electrons. The van der Waals surface area contributed by atoms with Crippen LogP contribution in [0.1, 0.15) is 65.2 Å². The van der Waals surface area contributed by atoms with Gasteiger partial charge in [-0.25, -0.2) is 0 Å². The van der Waals surface area contributed by atoms with Gasteiger partial charge in [0.05, 0.1) is 12.7 Å². The number of ether oxygens (including phenoxy) is 1. The van der Waals surface area contributed by atoms with Crippen LogP contribution in [0, 0.1) is 11.8 Å². The lowest BCUT2D eigenvalue weighted by Gasteiger charge is -2.37. The van der Waals surface area contributed by atoms with Crippen LogP contribution in [0.2, 0.25) is 0 Å². The molecule has 2 rings (SSSR count). The summed E-state index contributed by atoms with van der Waals surface area (Å²) in [6.07, 6.45) is 10.6. The van der Waals surface area contributed by atoms with Gasteiger partial charge >= 0.3 is 0 Å². The van der Waals surface area contributed by atoms with Crippen LogP contribution in [0.25, 0.3) is 0 Å². The van der Waals surface area contributed by atoms with Crippen LogP contribution in [0.3, 0.4) is 0 Å². The highest BCUT2D eigenvalue weighted by atomic mass is 16.5. The van der Waals surface area contributed by atoms with Gasteiger partial charge in [-0.3, -0.25) is 0 Å². The topological polar surface area (TPSA) is 35.2 Å². The lowest BCUT2D eigenvalue weighted by atomic mass is 9.81. The van der Waals surface area contributed by atoms with Gasteiger partial charge in [-0.1, -0.05) is 33.1 Å². The van der Waals surface area contributed by atoms with Crippen molar-refractivity contribution in [3.63, 3.8) is 0 Å². The van der Waals surface area contributed by atoms with Crippen molar-refractivity contribution >= 4 is 0 Å². The van der Waals surface area contributed by atoms with Crippen molar-refractivity contribution in [3.8, 4) is 0 Å². The van der Waals surface area contributed by atoms with Crippen LogP contribution in [0.15, 0.2) is 0 Å². The lowest BCUT2D eigenvalue weighted by molar-refractivity contribution is -0.0284. The summed E-state index contributed by atoms with van der Waals surface area (Å²) < 4.78 is 6.14. The van der Waals surface area contributed by atoms with E-state index in [2.05, 4.69) is 13.8 Å². The summed E-state index contributed by atoms with van der Waals surface area (Å²) in [6.45, 7) is 5.49. The Hall–Kier alpha value is -0.0800. The maximum atomic E-state index is 6.42. The molecule has 0 aromatic rings. The first-order valence-electron chi connectivity index (χ1n) is 7.48. The Morgan fingerprint density at radius 3 is 2.18 bits per heavy atom. The van der Waals surface area contributed by atoms with E-state index in [-0.39, 0.29) is 5.54 Å². The average Bonchev–Trinajstić information content (AvgIpc) is 2.26. The SMILES string of the molecule is CC1CC(C)CC(OCC2(N)CCCCC2)C1. The van der Waals surface area contributed by atoms with E-state index in [1.807, 2.05) is 0 Å². The van der Waals surface area contributed by atoms with Crippen molar-refractivity contribution in [2.45, 2.75) is 76.9 Å². The molecule has 2 saturated carbocycles. The zero-order valence-corrected chi connectivity index (χ0v) is 11.6. The quantitative estimate of drug-likeness (QED) is 0.818. The van der Waals surface area contributed by atoms with Gasteiger partial charge in [0.2, 0.25) is 0 Å². The molecular formula is C15H29NO. The fourth-order valence-electron chi connectivity index (χ4n) is 3.69. The molecule has 100 valence electrons. The fraction of sp³-hybridized carbons (Fsp3) is 1.00. The second kappa shape index (κ2) is 5.71. The smallest absolute Gasteiger partial charge is 0.0649 e. The average molecular weight is 239 g/mol. The normalized spacial score (nSPS) is 37.9. The Balaban J connectivity index is 1.76. The van der Waals surface area contributed by atoms with Gasteiger partial charge in [0, 0.05) is 5.54 Å². The monoisotopic (exact) mass is 239 g/mol. The van der Waals surface area contributed by atoms with E-state index in [1.165, 1.54) is 38.5 Å². The van der Waals surface area contributed by atoms with Gasteiger partial charge in [0.1, 0.15) is 0 Å². The number of hydrogen-bond donors (Lipinski definition) is 1. The molecule has 17 heavy (non-hydrogen) atoms. The molecule has 0 saturated heterocycles. The third kappa shape index (κ3) is 3.96. The van der Waals surface area contributed by atoms with Crippen LogP contribution < -0.4 is 5.73 Å². The van der Waals surface area contributed by atoms with E-state index in [4.69, 9.17) is 10.5 Å². The lowest BCUT2D eigenvalue weighted by Crippen LogP contribution is -2.47. The summed E-state index contributed by atoms with van der Waals surface area (Å²) in [4.78, 5) is 0. The Labute approximate surface area is 106 Å². The van der Waals surface area contributed by atoms with Gasteiger partial charge in [0.25, 0.3) is 0 Å². The first-order chi connectivity index (χ1) is 8.07. The molecular weight excluding hydrogens is 210 g/mol. The molecule has 2 atom stereocenters. The minimum Gasteiger partial charge on any atom is -0.376 e. The molecule has 0 heterocycles. The zero-order chi connectivity index (χ0) is 12.3. The fourth-order valence-corrected chi connectivity index (χ4v) is 3.69. The van der Waals surface area contributed by atoms with E-state index >= 15 is 0 Å². The molecule has 0 aliphatic heterocycles. The molecule has 2 fully saturated rings. The van der Waals surface area contributed by atoms with Crippen LogP contribution in [0.5, 0.6) is 0 Å². The first kappa shape index (κ1) is 13.4. The maximum absolute atomic E-state index is 6.42. The summed E-state index contributed by atoms with van der Waals surface area (Å²) in [7, 11) is 0. The highest BCUT2D eigenvalue weighted by Gasteiger charge is 2.30. The molecule has 0 bridgehead atoms. The Bertz CT molecular complexity index is 225. The first-order valence-corrected chi connectivity index (χ1v) is 7.48. The summed E-state index contributed by atoms with van der Waals surface area (Å²) >= 11 is 0. The summed E-state index contributed by atoms with van der Waals surface area (Å²) in [5.74, 6) is 1.65. The molecule has 0 amide bonds. The third-order valence-electron chi connectivity index (χ3n) is 4.59. The van der Waals surface area contributed by atoms with E-state index in [0.717, 1.165) is 31.3 Å². The highest BCUT2D eigenvalue weighted by molar-refractivity contribution is 4.88. The van der Waals surface area contributed by atoms with Crippen molar-refractivity contribution < 1.29 is 4.74 Å². The number of hydrogen-bond acceptors (Lipinski definition) is 2. The van der Waals surface area contributed by atoms with E-state index < -0.39 is 0 Å². The summed E-state index contributed by atoms with van der Waals surface area (Å²) in [5, 5.41) is 0. The van der Waals surface area contributed by atoms with Gasteiger partial charge < -0.3 is 10.5 Å². The van der Waals surface area contributed by atoms with E-state index in [1.54, 1.807) is 0 Å². The molecule has 2 aliphatic rings. The molecule has 2 unspecified atom stereocenters. The largest absolute Gasteiger partial charge is 0.376 e. The summed E-state index contributed by atoms with van der Waals surface area (Å²) in [5.41, 5.74) is 6.41. The minimum atomic E-state index is -0.0117. The van der Waals surface area contributed by atoms with Crippen LogP contribution in [-0.2, 0) is 4.74 Å². The van der Waals surface area contributed by atoms with Crippen molar-refractivity contribution in [1.29, 1.82) is 0 Å². The molecule has 2 N–H and O–H groups in total. The minimum absolute atomic E-state index is 0.0117. The van der Waals surface area contributed by atoms with Crippen LogP contribution in [-0.4, -0.2) is 18.2 Å². The van der Waals surface area contributed by atoms with Gasteiger partial charge in [-0.15, -0.1) is 0 Å². The van der Waals surface area contributed by atoms with Crippen LogP contribution >= 0.6 is 0 Å². The van der Waals surface area contributed by atoms with Gasteiger partial charge in [-0.2, -0.15) is 0 Å². The van der Waals surface area contributed by atoms with Gasteiger partial charge in [-0.05, 0) is 43.9 Å². The maximum Gasteiger partial charge on any atom is 0.0649 e. The molecule has 0 spiro atoms. The van der Waals surface area contributed by atoms with Crippen molar-refractivity contribution in [2.24, 2.45) is 17.6 Å². The standard InChI is InChI=1S/C15H29NO/c1-12-8-13(2)10-14(9-12)17-11-15(16)6-4-3-5-7-15/h12-14H,3-11,16H2,1-2H3.